The molecule has 3 rings (SSSR count). The minimum atomic E-state index is -0.815. The third-order valence-electron chi connectivity index (χ3n) is 3.27. The first kappa shape index (κ1) is 13.1. The number of benzene rings is 1. The molecule has 1 aliphatic rings. The second-order valence-electron chi connectivity index (χ2n) is 4.92. The Morgan fingerprint density at radius 3 is 2.80 bits per heavy atom. The maximum absolute atomic E-state index is 10.8. The van der Waals surface area contributed by atoms with Gasteiger partial charge >= 0.3 is 5.97 Å². The Morgan fingerprint density at radius 1 is 1.35 bits per heavy atom. The SMILES string of the molecule is O=C(O)Cc1ccccc1CNc1nc(C2CC2)ns1. The highest BCUT2D eigenvalue weighted by Gasteiger charge is 2.27. The summed E-state index contributed by atoms with van der Waals surface area (Å²) in [7, 11) is 0. The van der Waals surface area contributed by atoms with Crippen molar-refractivity contribution in [2.45, 2.75) is 31.7 Å². The van der Waals surface area contributed by atoms with Gasteiger partial charge in [0, 0.05) is 24.0 Å². The number of carboxylic acid groups (broad SMARTS) is 1. The van der Waals surface area contributed by atoms with Gasteiger partial charge in [-0.1, -0.05) is 24.3 Å². The largest absolute Gasteiger partial charge is 0.481 e. The number of hydrogen-bond donors (Lipinski definition) is 2. The Balaban J connectivity index is 1.66. The highest BCUT2D eigenvalue weighted by Crippen LogP contribution is 2.39. The van der Waals surface area contributed by atoms with Crippen LogP contribution < -0.4 is 5.32 Å². The summed E-state index contributed by atoms with van der Waals surface area (Å²) in [5, 5.41) is 12.9. The van der Waals surface area contributed by atoms with Gasteiger partial charge in [0.15, 0.2) is 0 Å². The number of aromatic nitrogens is 2. The number of nitrogens with one attached hydrogen (secondary N) is 1. The lowest BCUT2D eigenvalue weighted by molar-refractivity contribution is -0.136. The smallest absolute Gasteiger partial charge is 0.307 e. The molecule has 20 heavy (non-hydrogen) atoms. The number of anilines is 1. The molecule has 0 unspecified atom stereocenters. The first-order chi connectivity index (χ1) is 9.72. The predicted molar refractivity (Wildman–Crippen MR) is 77.0 cm³/mol. The van der Waals surface area contributed by atoms with E-state index in [-0.39, 0.29) is 6.42 Å². The van der Waals surface area contributed by atoms with Crippen LogP contribution in [0, 0.1) is 0 Å². The minimum Gasteiger partial charge on any atom is -0.481 e. The van der Waals surface area contributed by atoms with Gasteiger partial charge in [-0.15, -0.1) is 0 Å². The number of carbonyl (C=O) groups is 1. The van der Waals surface area contributed by atoms with E-state index in [2.05, 4.69) is 14.7 Å². The number of nitrogens with zero attached hydrogens (tertiary/aromatic N) is 2. The second kappa shape index (κ2) is 5.58. The molecule has 0 bridgehead atoms. The number of rotatable bonds is 6. The van der Waals surface area contributed by atoms with Gasteiger partial charge in [-0.25, -0.2) is 4.98 Å². The lowest BCUT2D eigenvalue weighted by atomic mass is 10.0. The minimum absolute atomic E-state index is 0.0430. The molecule has 1 aliphatic carbocycles. The highest BCUT2D eigenvalue weighted by molar-refractivity contribution is 7.09. The van der Waals surface area contributed by atoms with E-state index >= 15 is 0 Å². The lowest BCUT2D eigenvalue weighted by Gasteiger charge is -2.07. The number of aliphatic carboxylic acids is 1. The summed E-state index contributed by atoms with van der Waals surface area (Å²) in [6, 6.07) is 7.56. The van der Waals surface area contributed by atoms with E-state index in [9.17, 15) is 4.79 Å². The van der Waals surface area contributed by atoms with Gasteiger partial charge in [0.2, 0.25) is 5.13 Å². The third-order valence-corrected chi connectivity index (χ3v) is 3.96. The van der Waals surface area contributed by atoms with Crippen LogP contribution in [0.4, 0.5) is 5.13 Å². The van der Waals surface area contributed by atoms with Crippen LogP contribution in [0.1, 0.15) is 35.7 Å². The van der Waals surface area contributed by atoms with E-state index in [0.717, 1.165) is 22.1 Å². The Hall–Kier alpha value is -1.95. The van der Waals surface area contributed by atoms with Crippen LogP contribution in [-0.4, -0.2) is 20.4 Å². The summed E-state index contributed by atoms with van der Waals surface area (Å²) in [4.78, 5) is 15.3. The van der Waals surface area contributed by atoms with E-state index in [1.165, 1.54) is 24.4 Å². The fraction of sp³-hybridized carbons (Fsp3) is 0.357. The fourth-order valence-electron chi connectivity index (χ4n) is 2.05. The zero-order valence-corrected chi connectivity index (χ0v) is 11.7. The Labute approximate surface area is 120 Å². The van der Waals surface area contributed by atoms with Crippen molar-refractivity contribution in [3.05, 3.63) is 41.2 Å². The maximum Gasteiger partial charge on any atom is 0.307 e. The first-order valence-corrected chi connectivity index (χ1v) is 7.36. The Kier molecular flexibility index (Phi) is 3.64. The van der Waals surface area contributed by atoms with Gasteiger partial charge in [-0.05, 0) is 24.0 Å². The summed E-state index contributed by atoms with van der Waals surface area (Å²) in [5.74, 6) is 0.682. The van der Waals surface area contributed by atoms with E-state index < -0.39 is 5.97 Å². The molecule has 0 saturated heterocycles. The van der Waals surface area contributed by atoms with Crippen molar-refractivity contribution in [2.24, 2.45) is 0 Å². The normalized spacial score (nSPS) is 14.2. The van der Waals surface area contributed by atoms with E-state index in [1.807, 2.05) is 24.3 Å². The molecule has 0 radical (unpaired) electrons. The maximum atomic E-state index is 10.8. The molecule has 1 aromatic heterocycles. The third kappa shape index (κ3) is 3.14. The quantitative estimate of drug-likeness (QED) is 0.855. The van der Waals surface area contributed by atoms with Crippen LogP contribution in [0.15, 0.2) is 24.3 Å². The molecule has 1 fully saturated rings. The van der Waals surface area contributed by atoms with Crippen LogP contribution in [-0.2, 0) is 17.8 Å². The molecule has 1 heterocycles. The van der Waals surface area contributed by atoms with Crippen molar-refractivity contribution in [3.63, 3.8) is 0 Å². The molecule has 5 nitrogen and oxygen atoms in total. The highest BCUT2D eigenvalue weighted by atomic mass is 32.1. The van der Waals surface area contributed by atoms with Gasteiger partial charge in [-0.2, -0.15) is 4.37 Å². The molecule has 0 aliphatic heterocycles. The Bertz CT molecular complexity index is 622. The molecule has 1 aromatic carbocycles. The summed E-state index contributed by atoms with van der Waals surface area (Å²) in [6.45, 7) is 0.572. The molecule has 6 heteroatoms. The van der Waals surface area contributed by atoms with E-state index in [1.54, 1.807) is 0 Å². The molecule has 0 amide bonds. The van der Waals surface area contributed by atoms with Crippen LogP contribution in [0.25, 0.3) is 0 Å². The van der Waals surface area contributed by atoms with Crippen LogP contribution in [0.5, 0.6) is 0 Å². The molecule has 1 saturated carbocycles. The molecule has 2 aromatic rings. The zero-order valence-electron chi connectivity index (χ0n) is 10.9. The van der Waals surface area contributed by atoms with Gasteiger partial charge in [0.25, 0.3) is 0 Å². The summed E-state index contributed by atoms with van der Waals surface area (Å²) >= 11 is 1.37. The average Bonchev–Trinajstić information content (AvgIpc) is 3.17. The zero-order chi connectivity index (χ0) is 13.9. The molecular weight excluding hydrogens is 274 g/mol. The van der Waals surface area contributed by atoms with Crippen LogP contribution in [0.2, 0.25) is 0 Å². The van der Waals surface area contributed by atoms with Crippen molar-refractivity contribution in [2.75, 3.05) is 5.32 Å². The summed E-state index contributed by atoms with van der Waals surface area (Å²) in [6.07, 6.45) is 2.43. The topological polar surface area (TPSA) is 75.1 Å². The Morgan fingerprint density at radius 2 is 2.10 bits per heavy atom. The second-order valence-corrected chi connectivity index (χ2v) is 5.68. The predicted octanol–water partition coefficient (Wildman–Crippen LogP) is 2.65. The van der Waals surface area contributed by atoms with Crippen molar-refractivity contribution >= 4 is 22.6 Å². The average molecular weight is 289 g/mol. The van der Waals surface area contributed by atoms with Crippen LogP contribution >= 0.6 is 11.5 Å². The molecule has 0 atom stereocenters. The summed E-state index contributed by atoms with van der Waals surface area (Å²) in [5.41, 5.74) is 1.82. The van der Waals surface area contributed by atoms with Crippen molar-refractivity contribution < 1.29 is 9.90 Å². The first-order valence-electron chi connectivity index (χ1n) is 6.58. The molecule has 0 spiro atoms. The number of hydrogen-bond acceptors (Lipinski definition) is 5. The van der Waals surface area contributed by atoms with Gasteiger partial charge in [0.1, 0.15) is 5.82 Å². The van der Waals surface area contributed by atoms with Gasteiger partial charge < -0.3 is 10.4 Å². The van der Waals surface area contributed by atoms with Crippen molar-refractivity contribution in [1.82, 2.24) is 9.36 Å². The summed E-state index contributed by atoms with van der Waals surface area (Å²) < 4.78 is 4.34. The fourth-order valence-corrected chi connectivity index (χ4v) is 2.69. The molecular formula is C14H15N3O2S. The standard InChI is InChI=1S/C14H15N3O2S/c18-12(19)7-10-3-1-2-4-11(10)8-15-14-16-13(17-20-14)9-5-6-9/h1-4,9H,5-8H2,(H,18,19)(H,15,16,17). The molecule has 104 valence electrons. The number of carboxylic acids is 1. The lowest BCUT2D eigenvalue weighted by Crippen LogP contribution is -2.07. The molecule has 2 N–H and O–H groups in total. The van der Waals surface area contributed by atoms with Crippen LogP contribution in [0.3, 0.4) is 0 Å². The van der Waals surface area contributed by atoms with Gasteiger partial charge in [0.05, 0.1) is 6.42 Å². The van der Waals surface area contributed by atoms with E-state index in [4.69, 9.17) is 5.11 Å². The van der Waals surface area contributed by atoms with Crippen molar-refractivity contribution in [1.29, 1.82) is 0 Å². The van der Waals surface area contributed by atoms with Gasteiger partial charge in [-0.3, -0.25) is 4.79 Å². The van der Waals surface area contributed by atoms with E-state index in [0.29, 0.717) is 12.5 Å². The van der Waals surface area contributed by atoms with Crippen molar-refractivity contribution in [3.8, 4) is 0 Å². The monoisotopic (exact) mass is 289 g/mol.